The van der Waals surface area contributed by atoms with Crippen molar-refractivity contribution in [2.75, 3.05) is 5.32 Å². The van der Waals surface area contributed by atoms with Crippen molar-refractivity contribution in [2.24, 2.45) is 0 Å². The van der Waals surface area contributed by atoms with Gasteiger partial charge in [-0.25, -0.2) is 0 Å². The minimum Gasteiger partial charge on any atom is -0.354 e. The Morgan fingerprint density at radius 2 is 1.83 bits per heavy atom. The van der Waals surface area contributed by atoms with Gasteiger partial charge in [0.2, 0.25) is 0 Å². The Morgan fingerprint density at radius 1 is 1.06 bits per heavy atom. The lowest BCUT2D eigenvalue weighted by Crippen LogP contribution is -1.92. The maximum Gasteiger partial charge on any atom is 0.101 e. The largest absolute Gasteiger partial charge is 0.354 e. The van der Waals surface area contributed by atoms with Crippen molar-refractivity contribution in [3.63, 3.8) is 0 Å². The number of halogens is 2. The van der Waals surface area contributed by atoms with E-state index < -0.39 is 0 Å². The van der Waals surface area contributed by atoms with Gasteiger partial charge in [-0.2, -0.15) is 5.26 Å². The van der Waals surface area contributed by atoms with Crippen molar-refractivity contribution in [1.82, 2.24) is 0 Å². The van der Waals surface area contributed by atoms with Gasteiger partial charge in [-0.3, -0.25) is 0 Å². The molecule has 0 amide bonds. The molecule has 0 aliphatic carbocycles. The fraction of sp³-hybridized carbons (Fsp3) is 0.0714. The Bertz CT molecular complexity index is 630. The molecule has 0 aliphatic heterocycles. The van der Waals surface area contributed by atoms with E-state index in [1.165, 1.54) is 0 Å². The quantitative estimate of drug-likeness (QED) is 0.845. The van der Waals surface area contributed by atoms with Gasteiger partial charge in [0, 0.05) is 5.69 Å². The first kappa shape index (κ1) is 12.8. The van der Waals surface area contributed by atoms with Gasteiger partial charge < -0.3 is 5.32 Å². The molecule has 0 bridgehead atoms. The summed E-state index contributed by atoms with van der Waals surface area (Å²) >= 11 is 12.1. The highest BCUT2D eigenvalue weighted by atomic mass is 35.5. The zero-order chi connectivity index (χ0) is 13.1. The van der Waals surface area contributed by atoms with Crippen LogP contribution in [0.3, 0.4) is 0 Å². The number of hydrogen-bond donors (Lipinski definition) is 1. The predicted molar refractivity (Wildman–Crippen MR) is 75.6 cm³/mol. The van der Waals surface area contributed by atoms with Crippen LogP contribution in [0.4, 0.5) is 11.4 Å². The molecule has 2 rings (SSSR count). The lowest BCUT2D eigenvalue weighted by molar-refractivity contribution is 1.45. The number of nitriles is 1. The first-order valence-electron chi connectivity index (χ1n) is 5.33. The standard InChI is InChI=1S/C14H10Cl2N2/c1-9-2-5-14(13(16)6-9)18-11-4-3-10(8-17)12(15)7-11/h2-7,18H,1H3. The summed E-state index contributed by atoms with van der Waals surface area (Å²) in [6, 6.07) is 13.0. The molecule has 0 saturated carbocycles. The van der Waals surface area contributed by atoms with E-state index >= 15 is 0 Å². The maximum absolute atomic E-state index is 8.80. The number of nitrogens with zero attached hydrogens (tertiary/aromatic N) is 1. The zero-order valence-electron chi connectivity index (χ0n) is 9.67. The van der Waals surface area contributed by atoms with Gasteiger partial charge in [0.1, 0.15) is 6.07 Å². The molecule has 18 heavy (non-hydrogen) atoms. The van der Waals surface area contributed by atoms with Gasteiger partial charge in [-0.05, 0) is 42.8 Å². The van der Waals surface area contributed by atoms with E-state index in [0.717, 1.165) is 16.9 Å². The molecule has 0 aliphatic rings. The Hall–Kier alpha value is -1.69. The van der Waals surface area contributed by atoms with E-state index in [4.69, 9.17) is 28.5 Å². The average Bonchev–Trinajstić information content (AvgIpc) is 2.33. The molecule has 1 N–H and O–H groups in total. The van der Waals surface area contributed by atoms with Gasteiger partial charge in [-0.15, -0.1) is 0 Å². The van der Waals surface area contributed by atoms with Gasteiger partial charge in [0.25, 0.3) is 0 Å². The third kappa shape index (κ3) is 2.76. The molecular weight excluding hydrogens is 267 g/mol. The topological polar surface area (TPSA) is 35.8 Å². The van der Waals surface area contributed by atoms with Crippen LogP contribution in [0.25, 0.3) is 0 Å². The lowest BCUT2D eigenvalue weighted by atomic mass is 10.2. The van der Waals surface area contributed by atoms with Crippen molar-refractivity contribution >= 4 is 34.6 Å². The number of rotatable bonds is 2. The smallest absolute Gasteiger partial charge is 0.101 e. The highest BCUT2D eigenvalue weighted by molar-refractivity contribution is 6.33. The summed E-state index contributed by atoms with van der Waals surface area (Å²) in [6.45, 7) is 1.98. The molecule has 90 valence electrons. The molecule has 2 aromatic carbocycles. The third-order valence-corrected chi connectivity index (χ3v) is 3.12. The molecule has 0 radical (unpaired) electrons. The predicted octanol–water partition coefficient (Wildman–Crippen LogP) is 4.92. The summed E-state index contributed by atoms with van der Waals surface area (Å²) in [6.07, 6.45) is 0. The molecule has 0 heterocycles. The van der Waals surface area contributed by atoms with Gasteiger partial charge in [-0.1, -0.05) is 29.3 Å². The second-order valence-corrected chi connectivity index (χ2v) is 4.73. The van der Waals surface area contributed by atoms with Crippen molar-refractivity contribution in [1.29, 1.82) is 5.26 Å². The van der Waals surface area contributed by atoms with E-state index in [1.807, 2.05) is 31.2 Å². The number of benzene rings is 2. The van der Waals surface area contributed by atoms with Crippen LogP contribution in [-0.2, 0) is 0 Å². The summed E-state index contributed by atoms with van der Waals surface area (Å²) in [7, 11) is 0. The van der Waals surface area contributed by atoms with Gasteiger partial charge in [0.15, 0.2) is 0 Å². The maximum atomic E-state index is 8.80. The Balaban J connectivity index is 2.29. The second kappa shape index (κ2) is 5.30. The van der Waals surface area contributed by atoms with Gasteiger partial charge in [0.05, 0.1) is 21.3 Å². The molecule has 0 saturated heterocycles. The molecular formula is C14H10Cl2N2. The summed E-state index contributed by atoms with van der Waals surface area (Å²) in [4.78, 5) is 0. The van der Waals surface area contributed by atoms with Crippen molar-refractivity contribution < 1.29 is 0 Å². The van der Waals surface area contributed by atoms with Crippen LogP contribution < -0.4 is 5.32 Å². The number of aryl methyl sites for hydroxylation is 1. The second-order valence-electron chi connectivity index (χ2n) is 3.91. The fourth-order valence-electron chi connectivity index (χ4n) is 1.56. The monoisotopic (exact) mass is 276 g/mol. The van der Waals surface area contributed by atoms with Crippen molar-refractivity contribution in [3.8, 4) is 6.07 Å². The van der Waals surface area contributed by atoms with E-state index in [0.29, 0.717) is 15.6 Å². The van der Waals surface area contributed by atoms with E-state index in [-0.39, 0.29) is 0 Å². The third-order valence-electron chi connectivity index (χ3n) is 2.49. The van der Waals surface area contributed by atoms with Crippen LogP contribution in [0.1, 0.15) is 11.1 Å². The molecule has 0 fully saturated rings. The van der Waals surface area contributed by atoms with Crippen LogP contribution in [0.15, 0.2) is 36.4 Å². The SMILES string of the molecule is Cc1ccc(Nc2ccc(C#N)c(Cl)c2)c(Cl)c1. The number of hydrogen-bond acceptors (Lipinski definition) is 2. The van der Waals surface area contributed by atoms with E-state index in [2.05, 4.69) is 5.32 Å². The van der Waals surface area contributed by atoms with Crippen molar-refractivity contribution in [2.45, 2.75) is 6.92 Å². The first-order valence-corrected chi connectivity index (χ1v) is 6.08. The molecule has 0 spiro atoms. The fourth-order valence-corrected chi connectivity index (χ4v) is 2.07. The molecule has 0 unspecified atom stereocenters. The molecule has 2 aromatic rings. The van der Waals surface area contributed by atoms with Crippen molar-refractivity contribution in [3.05, 3.63) is 57.6 Å². The normalized spacial score (nSPS) is 9.89. The zero-order valence-corrected chi connectivity index (χ0v) is 11.2. The van der Waals surface area contributed by atoms with E-state index in [1.54, 1.807) is 18.2 Å². The Labute approximate surface area is 116 Å². The summed E-state index contributed by atoms with van der Waals surface area (Å²) in [5.74, 6) is 0. The molecule has 0 aromatic heterocycles. The minimum atomic E-state index is 0.422. The van der Waals surface area contributed by atoms with E-state index in [9.17, 15) is 0 Å². The molecule has 4 heteroatoms. The lowest BCUT2D eigenvalue weighted by Gasteiger charge is -2.09. The summed E-state index contributed by atoms with van der Waals surface area (Å²) < 4.78 is 0. The highest BCUT2D eigenvalue weighted by Crippen LogP contribution is 2.28. The number of anilines is 2. The van der Waals surface area contributed by atoms with Gasteiger partial charge >= 0.3 is 0 Å². The molecule has 2 nitrogen and oxygen atoms in total. The Morgan fingerprint density at radius 3 is 2.44 bits per heavy atom. The van der Waals surface area contributed by atoms with Crippen LogP contribution in [0.5, 0.6) is 0 Å². The van der Waals surface area contributed by atoms with Crippen LogP contribution in [-0.4, -0.2) is 0 Å². The van der Waals surface area contributed by atoms with Crippen LogP contribution >= 0.6 is 23.2 Å². The number of nitrogens with one attached hydrogen (secondary N) is 1. The minimum absolute atomic E-state index is 0.422. The Kier molecular flexibility index (Phi) is 3.76. The molecule has 0 atom stereocenters. The van der Waals surface area contributed by atoms with Crippen LogP contribution in [0, 0.1) is 18.3 Å². The first-order chi connectivity index (χ1) is 8.60. The summed E-state index contributed by atoms with van der Waals surface area (Å²) in [5.41, 5.74) is 3.16. The summed E-state index contributed by atoms with van der Waals surface area (Å²) in [5, 5.41) is 13.0. The van der Waals surface area contributed by atoms with Crippen LogP contribution in [0.2, 0.25) is 10.0 Å². The highest BCUT2D eigenvalue weighted by Gasteiger charge is 2.04. The average molecular weight is 277 g/mol.